The zero-order valence-corrected chi connectivity index (χ0v) is 12.7. The van der Waals surface area contributed by atoms with E-state index in [1.807, 2.05) is 17.0 Å². The van der Waals surface area contributed by atoms with Gasteiger partial charge in [0.2, 0.25) is 11.7 Å². The molecule has 2 heterocycles. The molecule has 1 atom stereocenters. The van der Waals surface area contributed by atoms with Gasteiger partial charge in [-0.25, -0.2) is 0 Å². The van der Waals surface area contributed by atoms with Crippen molar-refractivity contribution >= 4 is 17.6 Å². The molecule has 1 N–H and O–H groups in total. The maximum atomic E-state index is 11.1. The Hall–Kier alpha value is -1.92. The summed E-state index contributed by atoms with van der Waals surface area (Å²) in [6.07, 6.45) is 2.15. The van der Waals surface area contributed by atoms with Crippen LogP contribution >= 0.6 is 11.6 Å². The average Bonchev–Trinajstić information content (AvgIpc) is 3.14. The topological polar surface area (TPSA) is 79.5 Å². The third kappa shape index (κ3) is 3.28. The Balaban J connectivity index is 1.64. The van der Waals surface area contributed by atoms with Crippen molar-refractivity contribution in [3.05, 3.63) is 35.2 Å². The number of halogens is 1. The second-order valence-electron chi connectivity index (χ2n) is 5.30. The van der Waals surface area contributed by atoms with Gasteiger partial charge in [-0.2, -0.15) is 4.98 Å². The molecule has 0 spiro atoms. The van der Waals surface area contributed by atoms with Crippen LogP contribution in [-0.4, -0.2) is 45.2 Å². The van der Waals surface area contributed by atoms with Crippen LogP contribution in [0.5, 0.6) is 0 Å². The molecule has 1 fully saturated rings. The number of benzene rings is 1. The van der Waals surface area contributed by atoms with Crippen LogP contribution in [0, 0.1) is 0 Å². The van der Waals surface area contributed by atoms with Crippen molar-refractivity contribution in [3.63, 3.8) is 0 Å². The van der Waals surface area contributed by atoms with E-state index in [0.29, 0.717) is 36.1 Å². The lowest BCUT2D eigenvalue weighted by Crippen LogP contribution is -2.37. The van der Waals surface area contributed by atoms with Crippen molar-refractivity contribution in [2.45, 2.75) is 25.3 Å². The zero-order chi connectivity index (χ0) is 15.5. The van der Waals surface area contributed by atoms with Crippen molar-refractivity contribution in [3.8, 4) is 11.4 Å². The minimum absolute atomic E-state index is 0.393. The second kappa shape index (κ2) is 6.46. The Kier molecular flexibility index (Phi) is 4.40. The van der Waals surface area contributed by atoms with Crippen LogP contribution in [0.4, 0.5) is 0 Å². The highest BCUT2D eigenvalue weighted by molar-refractivity contribution is 6.30. The normalized spacial score (nSPS) is 18.7. The van der Waals surface area contributed by atoms with E-state index in [1.54, 1.807) is 12.1 Å². The molecule has 7 heteroatoms. The van der Waals surface area contributed by atoms with E-state index in [-0.39, 0.29) is 0 Å². The molecule has 1 aromatic carbocycles. The number of carboxylic acid groups (broad SMARTS) is 1. The number of aliphatic carboxylic acids is 1. The van der Waals surface area contributed by atoms with Gasteiger partial charge in [0.1, 0.15) is 6.04 Å². The van der Waals surface area contributed by atoms with Crippen LogP contribution in [0.1, 0.15) is 18.7 Å². The van der Waals surface area contributed by atoms with Crippen LogP contribution in [0.3, 0.4) is 0 Å². The van der Waals surface area contributed by atoms with Crippen LogP contribution < -0.4 is 0 Å². The number of carbonyl (C=O) groups is 1. The first kappa shape index (κ1) is 15.0. The fourth-order valence-corrected chi connectivity index (χ4v) is 2.90. The molecular weight excluding hydrogens is 306 g/mol. The molecular formula is C15H16ClN3O3. The molecule has 1 aromatic heterocycles. The van der Waals surface area contributed by atoms with E-state index in [0.717, 1.165) is 18.5 Å². The third-order valence-corrected chi connectivity index (χ3v) is 4.05. The molecule has 0 unspecified atom stereocenters. The van der Waals surface area contributed by atoms with Gasteiger partial charge in [-0.05, 0) is 31.5 Å². The maximum Gasteiger partial charge on any atom is 0.320 e. The van der Waals surface area contributed by atoms with Crippen LogP contribution in [0.2, 0.25) is 5.02 Å². The summed E-state index contributed by atoms with van der Waals surface area (Å²) in [5.74, 6) is 0.238. The molecule has 0 amide bonds. The zero-order valence-electron chi connectivity index (χ0n) is 11.9. The second-order valence-corrected chi connectivity index (χ2v) is 5.74. The summed E-state index contributed by atoms with van der Waals surface area (Å²) in [4.78, 5) is 17.4. The van der Waals surface area contributed by atoms with E-state index >= 15 is 0 Å². The van der Waals surface area contributed by atoms with Crippen molar-refractivity contribution < 1.29 is 14.4 Å². The molecule has 22 heavy (non-hydrogen) atoms. The van der Waals surface area contributed by atoms with Gasteiger partial charge in [0.25, 0.3) is 0 Å². The highest BCUT2D eigenvalue weighted by atomic mass is 35.5. The lowest BCUT2D eigenvalue weighted by atomic mass is 10.2. The number of likely N-dealkylation sites (tertiary alicyclic amines) is 1. The highest BCUT2D eigenvalue weighted by Gasteiger charge is 2.30. The van der Waals surface area contributed by atoms with Crippen LogP contribution in [0.15, 0.2) is 28.8 Å². The number of rotatable bonds is 5. The van der Waals surface area contributed by atoms with E-state index in [2.05, 4.69) is 10.1 Å². The van der Waals surface area contributed by atoms with Crippen molar-refractivity contribution in [1.82, 2.24) is 15.0 Å². The lowest BCUT2D eigenvalue weighted by Gasteiger charge is -2.19. The number of nitrogens with zero attached hydrogens (tertiary/aromatic N) is 3. The first-order chi connectivity index (χ1) is 10.6. The van der Waals surface area contributed by atoms with Gasteiger partial charge in [-0.15, -0.1) is 0 Å². The quantitative estimate of drug-likeness (QED) is 0.911. The van der Waals surface area contributed by atoms with Gasteiger partial charge in [-0.1, -0.05) is 28.9 Å². The average molecular weight is 322 g/mol. The summed E-state index contributed by atoms with van der Waals surface area (Å²) in [6.45, 7) is 1.40. The molecule has 116 valence electrons. The lowest BCUT2D eigenvalue weighted by molar-refractivity contribution is -0.142. The molecule has 1 aliphatic heterocycles. The highest BCUT2D eigenvalue weighted by Crippen LogP contribution is 2.21. The van der Waals surface area contributed by atoms with Crippen molar-refractivity contribution in [1.29, 1.82) is 0 Å². The summed E-state index contributed by atoms with van der Waals surface area (Å²) >= 11 is 5.95. The van der Waals surface area contributed by atoms with Gasteiger partial charge >= 0.3 is 5.97 Å². The number of hydrogen-bond donors (Lipinski definition) is 1. The van der Waals surface area contributed by atoms with Gasteiger partial charge in [0.05, 0.1) is 0 Å². The Labute approximate surface area is 132 Å². The molecule has 0 bridgehead atoms. The minimum Gasteiger partial charge on any atom is -0.480 e. The van der Waals surface area contributed by atoms with E-state index in [9.17, 15) is 4.79 Å². The number of hydrogen-bond acceptors (Lipinski definition) is 5. The Morgan fingerprint density at radius 3 is 3.14 bits per heavy atom. The standard InChI is InChI=1S/C15H16ClN3O3/c16-11-4-1-3-10(9-11)14-17-13(22-18-14)6-8-19-7-2-5-12(19)15(20)21/h1,3-4,9,12H,2,5-8H2,(H,20,21)/t12-/m1/s1. The number of carboxylic acids is 1. The fraction of sp³-hybridized carbons (Fsp3) is 0.400. The van der Waals surface area contributed by atoms with Crippen LogP contribution in [-0.2, 0) is 11.2 Å². The number of aromatic nitrogens is 2. The predicted molar refractivity (Wildman–Crippen MR) is 80.7 cm³/mol. The monoisotopic (exact) mass is 321 g/mol. The SMILES string of the molecule is O=C(O)[C@H]1CCCN1CCc1nc(-c2cccc(Cl)c2)no1. The molecule has 1 saturated heterocycles. The van der Waals surface area contributed by atoms with Crippen molar-refractivity contribution in [2.24, 2.45) is 0 Å². The van der Waals surface area contributed by atoms with Crippen LogP contribution in [0.25, 0.3) is 11.4 Å². The van der Waals surface area contributed by atoms with Gasteiger partial charge in [0, 0.05) is 23.6 Å². The fourth-order valence-electron chi connectivity index (χ4n) is 2.71. The third-order valence-electron chi connectivity index (χ3n) is 3.81. The maximum absolute atomic E-state index is 11.1. The predicted octanol–water partition coefficient (Wildman–Crippen LogP) is 2.48. The largest absolute Gasteiger partial charge is 0.480 e. The molecule has 6 nitrogen and oxygen atoms in total. The first-order valence-electron chi connectivity index (χ1n) is 7.19. The molecule has 3 rings (SSSR count). The summed E-state index contributed by atoms with van der Waals surface area (Å²) in [5.41, 5.74) is 0.798. The Morgan fingerprint density at radius 1 is 1.50 bits per heavy atom. The molecule has 0 radical (unpaired) electrons. The van der Waals surface area contributed by atoms with E-state index in [4.69, 9.17) is 21.2 Å². The Bertz CT molecular complexity index is 674. The summed E-state index contributed by atoms with van der Waals surface area (Å²) in [5, 5.41) is 13.7. The molecule has 0 saturated carbocycles. The van der Waals surface area contributed by atoms with Gasteiger partial charge in [0.15, 0.2) is 0 Å². The summed E-state index contributed by atoms with van der Waals surface area (Å²) in [6, 6.07) is 6.86. The first-order valence-corrected chi connectivity index (χ1v) is 7.56. The molecule has 2 aromatic rings. The smallest absolute Gasteiger partial charge is 0.320 e. The van der Waals surface area contributed by atoms with E-state index in [1.165, 1.54) is 0 Å². The Morgan fingerprint density at radius 2 is 2.36 bits per heavy atom. The molecule has 0 aliphatic carbocycles. The summed E-state index contributed by atoms with van der Waals surface area (Å²) < 4.78 is 5.24. The van der Waals surface area contributed by atoms with Gasteiger partial charge < -0.3 is 9.63 Å². The van der Waals surface area contributed by atoms with Gasteiger partial charge in [-0.3, -0.25) is 9.69 Å². The molecule has 1 aliphatic rings. The van der Waals surface area contributed by atoms with Crippen molar-refractivity contribution in [2.75, 3.05) is 13.1 Å². The summed E-state index contributed by atoms with van der Waals surface area (Å²) in [7, 11) is 0. The van der Waals surface area contributed by atoms with E-state index < -0.39 is 12.0 Å². The minimum atomic E-state index is -0.761.